The van der Waals surface area contributed by atoms with Crippen LogP contribution in [0.3, 0.4) is 0 Å². The van der Waals surface area contributed by atoms with Crippen LogP contribution in [0.1, 0.15) is 54.6 Å². The van der Waals surface area contributed by atoms with E-state index in [1.165, 1.54) is 5.56 Å². The first kappa shape index (κ1) is 17.1. The van der Waals surface area contributed by atoms with E-state index in [4.69, 9.17) is 0 Å². The maximum absolute atomic E-state index is 12.4. The van der Waals surface area contributed by atoms with Gasteiger partial charge in [-0.05, 0) is 23.5 Å². The molecule has 0 aliphatic rings. The van der Waals surface area contributed by atoms with Gasteiger partial charge in [0.25, 0.3) is 0 Å². The second-order valence-corrected chi connectivity index (χ2v) is 6.49. The van der Waals surface area contributed by atoms with Gasteiger partial charge in [0.1, 0.15) is 5.78 Å². The highest BCUT2D eigenvalue weighted by Crippen LogP contribution is 2.20. The van der Waals surface area contributed by atoms with Crippen LogP contribution >= 0.6 is 0 Å². The third-order valence-electron chi connectivity index (χ3n) is 4.04. The first-order valence-corrected chi connectivity index (χ1v) is 8.17. The number of carbonyl (C=O) groups excluding carboxylic acids is 2. The van der Waals surface area contributed by atoms with Crippen molar-refractivity contribution in [3.05, 3.63) is 71.3 Å². The van der Waals surface area contributed by atoms with Gasteiger partial charge in [-0.3, -0.25) is 9.59 Å². The van der Waals surface area contributed by atoms with Crippen LogP contribution in [-0.2, 0) is 11.2 Å². The Bertz CT molecular complexity index is 654. The second-order valence-electron chi connectivity index (χ2n) is 6.49. The van der Waals surface area contributed by atoms with Crippen LogP contribution in [0.2, 0.25) is 0 Å². The van der Waals surface area contributed by atoms with Crippen molar-refractivity contribution < 1.29 is 9.59 Å². The number of rotatable bonds is 7. The third kappa shape index (κ3) is 4.88. The van der Waals surface area contributed by atoms with Crippen LogP contribution in [0.4, 0.5) is 0 Å². The standard InChI is InChI=1S/C21H24O2/c1-15(2)13-17-9-11-18(12-10-17)16(3)20(22)14-21(23)19-7-5-4-6-8-19/h4-12,15-16H,13-14H2,1-3H3. The molecule has 0 amide bonds. The lowest BCUT2D eigenvalue weighted by molar-refractivity contribution is -0.119. The molecule has 0 fully saturated rings. The molecule has 0 aliphatic carbocycles. The van der Waals surface area contributed by atoms with E-state index >= 15 is 0 Å². The van der Waals surface area contributed by atoms with Gasteiger partial charge in [-0.1, -0.05) is 75.4 Å². The molecule has 2 aromatic carbocycles. The molecule has 23 heavy (non-hydrogen) atoms. The minimum absolute atomic E-state index is 0.0320. The summed E-state index contributed by atoms with van der Waals surface area (Å²) in [6.45, 7) is 6.25. The third-order valence-corrected chi connectivity index (χ3v) is 4.04. The zero-order valence-electron chi connectivity index (χ0n) is 14.1. The van der Waals surface area contributed by atoms with Crippen LogP contribution in [0.15, 0.2) is 54.6 Å². The predicted octanol–water partition coefficient (Wildman–Crippen LogP) is 4.83. The maximum Gasteiger partial charge on any atom is 0.170 e. The van der Waals surface area contributed by atoms with Gasteiger partial charge in [0.05, 0.1) is 6.42 Å². The van der Waals surface area contributed by atoms with Gasteiger partial charge in [0, 0.05) is 11.5 Å². The van der Waals surface area contributed by atoms with E-state index < -0.39 is 0 Å². The van der Waals surface area contributed by atoms with Crippen LogP contribution < -0.4 is 0 Å². The van der Waals surface area contributed by atoms with Crippen molar-refractivity contribution in [3.63, 3.8) is 0 Å². The summed E-state index contributed by atoms with van der Waals surface area (Å²) < 4.78 is 0. The number of benzene rings is 2. The highest BCUT2D eigenvalue weighted by atomic mass is 16.1. The lowest BCUT2D eigenvalue weighted by Crippen LogP contribution is -2.14. The summed E-state index contributed by atoms with van der Waals surface area (Å²) in [5, 5.41) is 0. The fourth-order valence-corrected chi connectivity index (χ4v) is 2.64. The minimum Gasteiger partial charge on any atom is -0.299 e. The van der Waals surface area contributed by atoms with Gasteiger partial charge in [-0.2, -0.15) is 0 Å². The Kier molecular flexibility index (Phi) is 5.86. The molecule has 1 unspecified atom stereocenters. The van der Waals surface area contributed by atoms with E-state index in [1.807, 2.05) is 37.3 Å². The van der Waals surface area contributed by atoms with Gasteiger partial charge in [0.15, 0.2) is 5.78 Å². The molecule has 0 bridgehead atoms. The number of Topliss-reactive ketones (excluding diaryl/α,β-unsaturated/α-hetero) is 2. The zero-order valence-corrected chi connectivity index (χ0v) is 14.1. The van der Waals surface area contributed by atoms with Crippen LogP contribution in [0, 0.1) is 5.92 Å². The number of hydrogen-bond donors (Lipinski definition) is 0. The summed E-state index contributed by atoms with van der Waals surface area (Å²) in [4.78, 5) is 24.5. The molecule has 0 radical (unpaired) electrons. The highest BCUT2D eigenvalue weighted by Gasteiger charge is 2.19. The van der Waals surface area contributed by atoms with E-state index in [1.54, 1.807) is 12.1 Å². The molecule has 120 valence electrons. The van der Waals surface area contributed by atoms with E-state index in [0.717, 1.165) is 12.0 Å². The van der Waals surface area contributed by atoms with Crippen LogP contribution in [0.5, 0.6) is 0 Å². The summed E-state index contributed by atoms with van der Waals surface area (Å²) in [6, 6.07) is 17.2. The highest BCUT2D eigenvalue weighted by molar-refractivity contribution is 6.09. The number of carbonyl (C=O) groups is 2. The Morgan fingerprint density at radius 2 is 1.48 bits per heavy atom. The summed E-state index contributed by atoms with van der Waals surface area (Å²) in [5.41, 5.74) is 2.85. The van der Waals surface area contributed by atoms with Gasteiger partial charge in [-0.15, -0.1) is 0 Å². The number of ketones is 2. The molecule has 0 saturated carbocycles. The molecule has 0 saturated heterocycles. The Morgan fingerprint density at radius 1 is 0.870 bits per heavy atom. The summed E-state index contributed by atoms with van der Waals surface area (Å²) in [6.07, 6.45) is 0.994. The summed E-state index contributed by atoms with van der Waals surface area (Å²) >= 11 is 0. The van der Waals surface area contributed by atoms with Gasteiger partial charge in [0.2, 0.25) is 0 Å². The molecule has 2 nitrogen and oxygen atoms in total. The Hall–Kier alpha value is -2.22. The Morgan fingerprint density at radius 3 is 2.04 bits per heavy atom. The van der Waals surface area contributed by atoms with Crippen molar-refractivity contribution in [3.8, 4) is 0 Å². The fourth-order valence-electron chi connectivity index (χ4n) is 2.64. The van der Waals surface area contributed by atoms with E-state index in [2.05, 4.69) is 26.0 Å². The van der Waals surface area contributed by atoms with Crippen LogP contribution in [0.25, 0.3) is 0 Å². The smallest absolute Gasteiger partial charge is 0.170 e. The Balaban J connectivity index is 2.00. The molecule has 0 spiro atoms. The first-order valence-electron chi connectivity index (χ1n) is 8.17. The molecule has 2 rings (SSSR count). The van der Waals surface area contributed by atoms with Crippen molar-refractivity contribution in [2.75, 3.05) is 0 Å². The second kappa shape index (κ2) is 7.87. The first-order chi connectivity index (χ1) is 11.0. The van der Waals surface area contributed by atoms with Gasteiger partial charge >= 0.3 is 0 Å². The molecular weight excluding hydrogens is 284 g/mol. The van der Waals surface area contributed by atoms with Crippen LogP contribution in [-0.4, -0.2) is 11.6 Å². The topological polar surface area (TPSA) is 34.1 Å². The van der Waals surface area contributed by atoms with Crippen molar-refractivity contribution in [2.45, 2.75) is 39.5 Å². The summed E-state index contributed by atoms with van der Waals surface area (Å²) in [5.74, 6) is 0.216. The Labute approximate surface area is 138 Å². The molecule has 2 aromatic rings. The molecule has 2 heteroatoms. The van der Waals surface area contributed by atoms with Crippen molar-refractivity contribution in [2.24, 2.45) is 5.92 Å². The normalized spacial score (nSPS) is 12.2. The van der Waals surface area contributed by atoms with Gasteiger partial charge in [-0.25, -0.2) is 0 Å². The van der Waals surface area contributed by atoms with Crippen molar-refractivity contribution >= 4 is 11.6 Å². The molecular formula is C21H24O2. The monoisotopic (exact) mass is 308 g/mol. The lowest BCUT2D eigenvalue weighted by atomic mass is 9.91. The largest absolute Gasteiger partial charge is 0.299 e. The quantitative estimate of drug-likeness (QED) is 0.542. The van der Waals surface area contributed by atoms with E-state index in [-0.39, 0.29) is 23.9 Å². The maximum atomic E-state index is 12.4. The minimum atomic E-state index is -0.254. The molecule has 0 N–H and O–H groups in total. The molecule has 0 aliphatic heterocycles. The number of hydrogen-bond acceptors (Lipinski definition) is 2. The zero-order chi connectivity index (χ0) is 16.8. The van der Waals surface area contributed by atoms with Crippen molar-refractivity contribution in [1.29, 1.82) is 0 Å². The summed E-state index contributed by atoms with van der Waals surface area (Å²) in [7, 11) is 0. The molecule has 0 aromatic heterocycles. The average Bonchev–Trinajstić information content (AvgIpc) is 2.55. The fraction of sp³-hybridized carbons (Fsp3) is 0.333. The van der Waals surface area contributed by atoms with Crippen molar-refractivity contribution in [1.82, 2.24) is 0 Å². The molecule has 1 atom stereocenters. The van der Waals surface area contributed by atoms with Gasteiger partial charge < -0.3 is 0 Å². The SMILES string of the molecule is CC(C)Cc1ccc(C(C)C(=O)CC(=O)c2ccccc2)cc1. The van der Waals surface area contributed by atoms with E-state index in [9.17, 15) is 9.59 Å². The predicted molar refractivity (Wildman–Crippen MR) is 93.8 cm³/mol. The van der Waals surface area contributed by atoms with E-state index in [0.29, 0.717) is 11.5 Å². The molecule has 0 heterocycles. The lowest BCUT2D eigenvalue weighted by Gasteiger charge is -2.12. The average molecular weight is 308 g/mol.